The van der Waals surface area contributed by atoms with E-state index in [2.05, 4.69) is 36.4 Å². The summed E-state index contributed by atoms with van der Waals surface area (Å²) in [5, 5.41) is 10.3. The number of rotatable bonds is 5. The van der Waals surface area contributed by atoms with Crippen LogP contribution in [-0.4, -0.2) is 62.1 Å². The standard InChI is InChI=1S/C23H21N9O/c1-2-4-18-17(3-1)16(13-26-18)14-27-29-21-12-23(31-7-9-33-10-8-31)32-22(28-21)11-19(30-32)20-15-24-5-6-25-20/h1-6,11-15,26H,7-10H2,(H,28,29)/b27-14-. The van der Waals surface area contributed by atoms with Crippen LogP contribution in [-0.2, 0) is 4.74 Å². The number of benzene rings is 1. The Morgan fingerprint density at radius 3 is 2.88 bits per heavy atom. The number of H-pyrrole nitrogens is 1. The minimum atomic E-state index is 0.630. The average Bonchev–Trinajstić information content (AvgIpc) is 3.49. The van der Waals surface area contributed by atoms with Crippen molar-refractivity contribution in [2.45, 2.75) is 0 Å². The molecule has 5 aromatic rings. The Morgan fingerprint density at radius 1 is 1.09 bits per heavy atom. The van der Waals surface area contributed by atoms with Crippen molar-refractivity contribution in [1.82, 2.24) is 29.5 Å². The van der Waals surface area contributed by atoms with Crippen molar-refractivity contribution < 1.29 is 4.74 Å². The van der Waals surface area contributed by atoms with Crippen molar-refractivity contribution in [1.29, 1.82) is 0 Å². The highest BCUT2D eigenvalue weighted by molar-refractivity contribution is 5.99. The zero-order valence-corrected chi connectivity index (χ0v) is 17.7. The number of hydrogen-bond donors (Lipinski definition) is 2. The lowest BCUT2D eigenvalue weighted by Gasteiger charge is -2.29. The van der Waals surface area contributed by atoms with Crippen LogP contribution in [0.4, 0.5) is 11.6 Å². The minimum absolute atomic E-state index is 0.630. The summed E-state index contributed by atoms with van der Waals surface area (Å²) < 4.78 is 7.37. The van der Waals surface area contributed by atoms with Crippen LogP contribution in [0.3, 0.4) is 0 Å². The molecule has 10 heteroatoms. The Balaban J connectivity index is 1.36. The topological polar surface area (TPSA) is 109 Å². The molecular weight excluding hydrogens is 418 g/mol. The highest BCUT2D eigenvalue weighted by atomic mass is 16.5. The van der Waals surface area contributed by atoms with E-state index in [0.717, 1.165) is 35.4 Å². The van der Waals surface area contributed by atoms with E-state index in [9.17, 15) is 0 Å². The lowest BCUT2D eigenvalue weighted by Crippen LogP contribution is -2.37. The van der Waals surface area contributed by atoms with E-state index in [-0.39, 0.29) is 0 Å². The number of hydrazone groups is 1. The Kier molecular flexibility index (Phi) is 4.89. The zero-order chi connectivity index (χ0) is 22.0. The summed E-state index contributed by atoms with van der Waals surface area (Å²) in [6.07, 6.45) is 8.73. The van der Waals surface area contributed by atoms with E-state index in [0.29, 0.717) is 36.1 Å². The largest absolute Gasteiger partial charge is 0.378 e. The molecule has 1 fully saturated rings. The predicted octanol–water partition coefficient (Wildman–Crippen LogP) is 2.95. The summed E-state index contributed by atoms with van der Waals surface area (Å²) in [5.74, 6) is 1.55. The van der Waals surface area contributed by atoms with Crippen LogP contribution in [0.15, 0.2) is 66.3 Å². The number of para-hydroxylation sites is 1. The maximum atomic E-state index is 5.53. The molecule has 164 valence electrons. The molecule has 0 atom stereocenters. The van der Waals surface area contributed by atoms with Gasteiger partial charge in [-0.2, -0.15) is 14.7 Å². The van der Waals surface area contributed by atoms with Crippen LogP contribution in [0.5, 0.6) is 0 Å². The van der Waals surface area contributed by atoms with E-state index in [4.69, 9.17) is 14.8 Å². The molecule has 0 saturated carbocycles. The normalized spacial score (nSPS) is 14.5. The molecule has 0 bridgehead atoms. The Morgan fingerprint density at radius 2 is 2.00 bits per heavy atom. The van der Waals surface area contributed by atoms with E-state index >= 15 is 0 Å². The first-order valence-corrected chi connectivity index (χ1v) is 10.7. The molecule has 1 saturated heterocycles. The molecule has 1 aliphatic rings. The number of hydrogen-bond acceptors (Lipinski definition) is 8. The van der Waals surface area contributed by atoms with E-state index in [1.807, 2.05) is 41.0 Å². The van der Waals surface area contributed by atoms with Crippen LogP contribution >= 0.6 is 0 Å². The smallest absolute Gasteiger partial charge is 0.160 e. The first kappa shape index (κ1) is 19.4. The fraction of sp³-hybridized carbons (Fsp3) is 0.174. The molecule has 6 rings (SSSR count). The molecule has 0 aliphatic carbocycles. The number of fused-ring (bicyclic) bond motifs is 2. The molecule has 0 spiro atoms. The fourth-order valence-corrected chi connectivity index (χ4v) is 3.96. The number of nitrogens with one attached hydrogen (secondary N) is 2. The summed E-state index contributed by atoms with van der Waals surface area (Å²) in [5.41, 5.74) is 7.27. The third-order valence-electron chi connectivity index (χ3n) is 5.57. The van der Waals surface area contributed by atoms with E-state index in [1.54, 1.807) is 24.8 Å². The molecule has 1 aliphatic heterocycles. The minimum Gasteiger partial charge on any atom is -0.378 e. The van der Waals surface area contributed by atoms with Gasteiger partial charge in [0, 0.05) is 60.3 Å². The Labute approximate surface area is 189 Å². The maximum absolute atomic E-state index is 5.53. The van der Waals surface area contributed by atoms with Gasteiger partial charge in [0.2, 0.25) is 0 Å². The predicted molar refractivity (Wildman–Crippen MR) is 127 cm³/mol. The second-order valence-corrected chi connectivity index (χ2v) is 7.65. The molecule has 0 amide bonds. The molecule has 0 radical (unpaired) electrons. The number of aromatic nitrogens is 6. The van der Waals surface area contributed by atoms with Gasteiger partial charge < -0.3 is 14.6 Å². The van der Waals surface area contributed by atoms with Crippen molar-refractivity contribution >= 4 is 34.4 Å². The van der Waals surface area contributed by atoms with E-state index < -0.39 is 0 Å². The highest BCUT2D eigenvalue weighted by Crippen LogP contribution is 2.25. The maximum Gasteiger partial charge on any atom is 0.160 e. The third kappa shape index (κ3) is 3.76. The Hall–Kier alpha value is -4.31. The summed E-state index contributed by atoms with van der Waals surface area (Å²) in [4.78, 5) is 18.7. The summed E-state index contributed by atoms with van der Waals surface area (Å²) >= 11 is 0. The summed E-state index contributed by atoms with van der Waals surface area (Å²) in [7, 11) is 0. The second kappa shape index (κ2) is 8.32. The number of nitrogens with zero attached hydrogens (tertiary/aromatic N) is 7. The first-order valence-electron chi connectivity index (χ1n) is 10.7. The molecular formula is C23H21N9O. The first-order chi connectivity index (χ1) is 16.3. The second-order valence-electron chi connectivity index (χ2n) is 7.65. The van der Waals surface area contributed by atoms with Crippen molar-refractivity contribution in [2.75, 3.05) is 36.6 Å². The Bertz CT molecular complexity index is 1430. The van der Waals surface area contributed by atoms with Crippen molar-refractivity contribution in [3.05, 3.63) is 66.7 Å². The number of morpholine rings is 1. The van der Waals surface area contributed by atoms with Gasteiger partial charge in [0.15, 0.2) is 11.5 Å². The van der Waals surface area contributed by atoms with Gasteiger partial charge in [-0.15, -0.1) is 0 Å². The number of anilines is 2. The monoisotopic (exact) mass is 439 g/mol. The number of ether oxygens (including phenoxy) is 1. The van der Waals surface area contributed by atoms with Crippen LogP contribution in [0.25, 0.3) is 27.9 Å². The van der Waals surface area contributed by atoms with E-state index in [1.165, 1.54) is 0 Å². The quantitative estimate of drug-likeness (QED) is 0.320. The van der Waals surface area contributed by atoms with Crippen LogP contribution in [0.1, 0.15) is 5.56 Å². The summed E-state index contributed by atoms with van der Waals surface area (Å²) in [6.45, 7) is 2.89. The fourth-order valence-electron chi connectivity index (χ4n) is 3.96. The highest BCUT2D eigenvalue weighted by Gasteiger charge is 2.18. The average molecular weight is 439 g/mol. The van der Waals surface area contributed by atoms with Gasteiger partial charge >= 0.3 is 0 Å². The molecule has 5 heterocycles. The SMILES string of the molecule is C(=N/Nc1cc(N2CCOCC2)n2nc(-c3cnccn3)cc2n1)/c1c[nH]c2ccccc12. The molecule has 4 aromatic heterocycles. The molecule has 10 nitrogen and oxygen atoms in total. The summed E-state index contributed by atoms with van der Waals surface area (Å²) in [6, 6.07) is 12.0. The van der Waals surface area contributed by atoms with Gasteiger partial charge in [-0.05, 0) is 6.07 Å². The lowest BCUT2D eigenvalue weighted by molar-refractivity contribution is 0.122. The molecule has 2 N–H and O–H groups in total. The van der Waals surface area contributed by atoms with Gasteiger partial charge in [0.05, 0.1) is 25.6 Å². The van der Waals surface area contributed by atoms with Gasteiger partial charge in [0.25, 0.3) is 0 Å². The van der Waals surface area contributed by atoms with Crippen molar-refractivity contribution in [3.8, 4) is 11.4 Å². The van der Waals surface area contributed by atoms with Gasteiger partial charge in [-0.25, -0.2) is 4.98 Å². The van der Waals surface area contributed by atoms with Crippen LogP contribution < -0.4 is 10.3 Å². The number of aromatic amines is 1. The molecule has 33 heavy (non-hydrogen) atoms. The van der Waals surface area contributed by atoms with Crippen LogP contribution in [0, 0.1) is 0 Å². The zero-order valence-electron chi connectivity index (χ0n) is 17.7. The lowest BCUT2D eigenvalue weighted by atomic mass is 10.2. The van der Waals surface area contributed by atoms with Gasteiger partial charge in [-0.1, -0.05) is 18.2 Å². The van der Waals surface area contributed by atoms with Gasteiger partial charge in [0.1, 0.15) is 17.2 Å². The van der Waals surface area contributed by atoms with Crippen molar-refractivity contribution in [3.63, 3.8) is 0 Å². The molecule has 0 unspecified atom stereocenters. The van der Waals surface area contributed by atoms with Gasteiger partial charge in [-0.3, -0.25) is 15.4 Å². The van der Waals surface area contributed by atoms with Crippen molar-refractivity contribution in [2.24, 2.45) is 5.10 Å². The van der Waals surface area contributed by atoms with Crippen LogP contribution in [0.2, 0.25) is 0 Å². The third-order valence-corrected chi connectivity index (χ3v) is 5.57. The molecule has 1 aromatic carbocycles.